The van der Waals surface area contributed by atoms with E-state index in [2.05, 4.69) is 65.4 Å². The highest BCUT2D eigenvalue weighted by Crippen LogP contribution is 2.52. The van der Waals surface area contributed by atoms with E-state index in [4.69, 9.17) is 9.47 Å². The molecule has 2 aromatic carbocycles. The predicted octanol–water partition coefficient (Wildman–Crippen LogP) is 5.53. The van der Waals surface area contributed by atoms with Crippen molar-refractivity contribution in [2.45, 2.75) is 76.9 Å². The molecule has 6 rings (SSSR count). The van der Waals surface area contributed by atoms with E-state index < -0.39 is 0 Å². The van der Waals surface area contributed by atoms with Crippen LogP contribution in [0, 0.1) is 5.41 Å². The van der Waals surface area contributed by atoms with Crippen molar-refractivity contribution in [3.8, 4) is 11.5 Å². The lowest BCUT2D eigenvalue weighted by molar-refractivity contribution is -0.0650. The number of methoxy groups -OCH3 is 1. The van der Waals surface area contributed by atoms with Crippen LogP contribution in [0.25, 0.3) is 0 Å². The molecule has 0 amide bonds. The molecule has 1 atom stereocenters. The lowest BCUT2D eigenvalue weighted by Crippen LogP contribution is -2.59. The summed E-state index contributed by atoms with van der Waals surface area (Å²) >= 11 is 0. The molecule has 3 aliphatic heterocycles. The largest absolute Gasteiger partial charge is 0.493 e. The van der Waals surface area contributed by atoms with Crippen molar-refractivity contribution in [3.05, 3.63) is 58.7 Å². The Labute approximate surface area is 223 Å². The van der Waals surface area contributed by atoms with E-state index >= 15 is 0 Å². The monoisotopic (exact) mass is 503 g/mol. The fraction of sp³-hybridized carbons (Fsp3) is 0.625. The average Bonchev–Trinajstić information content (AvgIpc) is 2.91. The van der Waals surface area contributed by atoms with Crippen molar-refractivity contribution in [1.82, 2.24) is 15.1 Å². The van der Waals surface area contributed by atoms with E-state index in [1.54, 1.807) is 12.7 Å². The Morgan fingerprint density at radius 2 is 1.92 bits per heavy atom. The summed E-state index contributed by atoms with van der Waals surface area (Å²) < 4.78 is 11.7. The van der Waals surface area contributed by atoms with Crippen molar-refractivity contribution in [3.63, 3.8) is 0 Å². The van der Waals surface area contributed by atoms with E-state index in [-0.39, 0.29) is 0 Å². The zero-order valence-electron chi connectivity index (χ0n) is 23.1. The molecule has 200 valence electrons. The topological polar surface area (TPSA) is 37.0 Å². The van der Waals surface area contributed by atoms with E-state index in [9.17, 15) is 0 Å². The van der Waals surface area contributed by atoms with Crippen LogP contribution in [0.3, 0.4) is 0 Å². The lowest BCUT2D eigenvalue weighted by atomic mass is 9.60. The third-order valence-electron chi connectivity index (χ3n) is 9.61. The molecule has 2 saturated heterocycles. The van der Waals surface area contributed by atoms with Gasteiger partial charge in [0.15, 0.2) is 11.5 Å². The van der Waals surface area contributed by atoms with E-state index in [0.29, 0.717) is 17.4 Å². The van der Waals surface area contributed by atoms with Crippen LogP contribution in [0.5, 0.6) is 11.5 Å². The summed E-state index contributed by atoms with van der Waals surface area (Å²) in [6.45, 7) is 12.2. The highest BCUT2D eigenvalue weighted by molar-refractivity contribution is 5.50. The molecular formula is C32H45N3O2. The summed E-state index contributed by atoms with van der Waals surface area (Å²) in [4.78, 5) is 5.58. The second kappa shape index (κ2) is 10.6. The van der Waals surface area contributed by atoms with Crippen molar-refractivity contribution in [1.29, 1.82) is 0 Å². The second-order valence-electron chi connectivity index (χ2n) is 12.3. The molecule has 4 aliphatic rings. The molecule has 0 aromatic heterocycles. The molecule has 1 aliphatic carbocycles. The van der Waals surface area contributed by atoms with E-state index in [0.717, 1.165) is 63.2 Å². The first kappa shape index (κ1) is 25.2. The number of nitrogens with zero attached hydrogens (tertiary/aromatic N) is 2. The summed E-state index contributed by atoms with van der Waals surface area (Å²) in [6, 6.07) is 15.0. The van der Waals surface area contributed by atoms with Crippen molar-refractivity contribution in [2.24, 2.45) is 5.41 Å². The first-order valence-corrected chi connectivity index (χ1v) is 14.7. The van der Waals surface area contributed by atoms with Crippen LogP contribution in [0.2, 0.25) is 0 Å². The number of ether oxygens (including phenoxy) is 2. The molecule has 0 unspecified atom stereocenters. The first-order valence-electron chi connectivity index (χ1n) is 14.7. The molecule has 0 bridgehead atoms. The maximum atomic E-state index is 5.96. The number of benzene rings is 2. The summed E-state index contributed by atoms with van der Waals surface area (Å²) in [5, 5.41) is 3.58. The number of piperidine rings is 1. The highest BCUT2D eigenvalue weighted by atomic mass is 16.5. The molecule has 5 nitrogen and oxygen atoms in total. The molecule has 3 fully saturated rings. The number of piperazine rings is 1. The standard InChI is InChI=1S/C32H45N3O2/c1-23(2)27-8-4-5-9-28(27)29-22-34(14-15-35(29)26-19-32(20-26)10-12-33-13-11-32)21-24-17-25-7-6-16-37-31(25)30(18-24)36-3/h4-5,8-9,17-18,23,26,29,33H,6-7,10-16,19-22H2,1-3H3/t29-/m0/s1. The van der Waals surface area contributed by atoms with Crippen LogP contribution in [0.1, 0.15) is 80.2 Å². The van der Waals surface area contributed by atoms with Crippen LogP contribution in [-0.4, -0.2) is 62.3 Å². The second-order valence-corrected chi connectivity index (χ2v) is 12.3. The van der Waals surface area contributed by atoms with Crippen LogP contribution in [0.4, 0.5) is 0 Å². The van der Waals surface area contributed by atoms with Gasteiger partial charge in [-0.2, -0.15) is 0 Å². The quantitative estimate of drug-likeness (QED) is 0.561. The van der Waals surface area contributed by atoms with Gasteiger partial charge in [0.1, 0.15) is 0 Å². The van der Waals surface area contributed by atoms with Crippen LogP contribution < -0.4 is 14.8 Å². The minimum atomic E-state index is 0.458. The Morgan fingerprint density at radius 1 is 1.11 bits per heavy atom. The summed E-state index contributed by atoms with van der Waals surface area (Å²) in [5.74, 6) is 2.40. The molecule has 0 radical (unpaired) electrons. The SMILES string of the molecule is COc1cc(CN2CCN(C3CC4(CCNCC4)C3)[C@H](c3ccccc3C(C)C)C2)cc2c1OCCC2. The van der Waals surface area contributed by atoms with Gasteiger partial charge in [-0.05, 0) is 91.3 Å². The summed E-state index contributed by atoms with van der Waals surface area (Å²) in [7, 11) is 1.77. The number of fused-ring (bicyclic) bond motifs is 1. The first-order chi connectivity index (χ1) is 18.0. The normalized spacial score (nSPS) is 24.5. The van der Waals surface area contributed by atoms with Gasteiger partial charge in [-0.3, -0.25) is 9.80 Å². The minimum absolute atomic E-state index is 0.458. The molecule has 2 aromatic rings. The Hall–Kier alpha value is -2.08. The molecule has 1 saturated carbocycles. The van der Waals surface area contributed by atoms with Crippen LogP contribution in [0.15, 0.2) is 36.4 Å². The Bertz CT molecular complexity index is 1070. The molecule has 1 spiro atoms. The van der Waals surface area contributed by atoms with Crippen LogP contribution >= 0.6 is 0 Å². The maximum Gasteiger partial charge on any atom is 0.164 e. The number of aryl methyl sites for hydroxylation is 1. The van der Waals surface area contributed by atoms with Gasteiger partial charge in [0.2, 0.25) is 0 Å². The number of rotatable bonds is 6. The van der Waals surface area contributed by atoms with Gasteiger partial charge in [0.05, 0.1) is 13.7 Å². The zero-order chi connectivity index (χ0) is 25.4. The van der Waals surface area contributed by atoms with E-state index in [1.807, 2.05) is 0 Å². The average molecular weight is 504 g/mol. The smallest absolute Gasteiger partial charge is 0.164 e. The predicted molar refractivity (Wildman–Crippen MR) is 150 cm³/mol. The molecule has 5 heteroatoms. The Morgan fingerprint density at radius 3 is 2.70 bits per heavy atom. The lowest BCUT2D eigenvalue weighted by Gasteiger charge is -2.57. The highest BCUT2D eigenvalue weighted by Gasteiger charge is 2.49. The number of hydrogen-bond acceptors (Lipinski definition) is 5. The summed E-state index contributed by atoms with van der Waals surface area (Å²) in [6.07, 6.45) is 7.66. The maximum absolute atomic E-state index is 5.96. The van der Waals surface area contributed by atoms with Gasteiger partial charge in [-0.15, -0.1) is 0 Å². The van der Waals surface area contributed by atoms with Crippen molar-refractivity contribution >= 4 is 0 Å². The third kappa shape index (κ3) is 5.03. The van der Waals surface area contributed by atoms with Gasteiger partial charge >= 0.3 is 0 Å². The Kier molecular flexibility index (Phi) is 7.22. The number of nitrogens with one attached hydrogen (secondary N) is 1. The summed E-state index contributed by atoms with van der Waals surface area (Å²) in [5.41, 5.74) is 6.33. The molecule has 3 heterocycles. The number of hydrogen-bond donors (Lipinski definition) is 1. The third-order valence-corrected chi connectivity index (χ3v) is 9.61. The van der Waals surface area contributed by atoms with Gasteiger partial charge in [0.25, 0.3) is 0 Å². The van der Waals surface area contributed by atoms with E-state index in [1.165, 1.54) is 55.5 Å². The van der Waals surface area contributed by atoms with Crippen LogP contribution in [-0.2, 0) is 13.0 Å². The zero-order valence-corrected chi connectivity index (χ0v) is 23.1. The van der Waals surface area contributed by atoms with Gasteiger partial charge in [0, 0.05) is 38.3 Å². The van der Waals surface area contributed by atoms with Crippen molar-refractivity contribution < 1.29 is 9.47 Å². The van der Waals surface area contributed by atoms with Crippen molar-refractivity contribution in [2.75, 3.05) is 46.4 Å². The van der Waals surface area contributed by atoms with Gasteiger partial charge in [-0.25, -0.2) is 0 Å². The molecule has 37 heavy (non-hydrogen) atoms. The Balaban J connectivity index is 1.24. The fourth-order valence-corrected chi connectivity index (χ4v) is 7.60. The molecular weight excluding hydrogens is 458 g/mol. The minimum Gasteiger partial charge on any atom is -0.493 e. The van der Waals surface area contributed by atoms with Gasteiger partial charge < -0.3 is 14.8 Å². The molecule has 1 N–H and O–H groups in total. The fourth-order valence-electron chi connectivity index (χ4n) is 7.60. The van der Waals surface area contributed by atoms with Gasteiger partial charge in [-0.1, -0.05) is 44.2 Å².